The summed E-state index contributed by atoms with van der Waals surface area (Å²) >= 11 is 0. The van der Waals surface area contributed by atoms with Gasteiger partial charge in [-0.1, -0.05) is 24.3 Å². The molecule has 1 aliphatic rings. The largest absolute Gasteiger partial charge is 0.496 e. The molecule has 96 valence electrons. The number of hydrogen-bond donors (Lipinski definition) is 2. The van der Waals surface area contributed by atoms with E-state index < -0.39 is 17.5 Å². The Balaban J connectivity index is 2.69. The third-order valence-corrected chi connectivity index (χ3v) is 3.70. The van der Waals surface area contributed by atoms with Gasteiger partial charge in [0.05, 0.1) is 13.0 Å². The molecule has 2 rings (SSSR count). The second kappa shape index (κ2) is 4.14. The molecular weight excluding hydrogens is 232 g/mol. The van der Waals surface area contributed by atoms with Gasteiger partial charge in [-0.15, -0.1) is 0 Å². The smallest absolute Gasteiger partial charge is 0.309 e. The molecule has 18 heavy (non-hydrogen) atoms. The zero-order valence-corrected chi connectivity index (χ0v) is 10.6. The fourth-order valence-corrected chi connectivity index (χ4v) is 2.59. The number of ether oxygens (including phenoxy) is 1. The van der Waals surface area contributed by atoms with Crippen LogP contribution in [0.4, 0.5) is 0 Å². The van der Waals surface area contributed by atoms with Crippen LogP contribution in [0.2, 0.25) is 0 Å². The molecule has 0 fully saturated rings. The monoisotopic (exact) mass is 248 g/mol. The maximum Gasteiger partial charge on any atom is 0.309 e. The van der Waals surface area contributed by atoms with Crippen LogP contribution in [0.5, 0.6) is 0 Å². The van der Waals surface area contributed by atoms with E-state index in [0.29, 0.717) is 16.9 Å². The highest BCUT2D eigenvalue weighted by Crippen LogP contribution is 2.48. The third-order valence-electron chi connectivity index (χ3n) is 3.70. The molecule has 0 aromatic heterocycles. The molecule has 1 aromatic carbocycles. The Hall–Kier alpha value is -1.81. The van der Waals surface area contributed by atoms with Crippen molar-refractivity contribution in [3.63, 3.8) is 0 Å². The Morgan fingerprint density at radius 1 is 1.39 bits per heavy atom. The van der Waals surface area contributed by atoms with E-state index in [1.807, 2.05) is 12.1 Å². The summed E-state index contributed by atoms with van der Waals surface area (Å²) in [5.74, 6) is -1.42. The molecule has 0 amide bonds. The predicted octanol–water partition coefficient (Wildman–Crippen LogP) is 1.99. The van der Waals surface area contributed by atoms with Gasteiger partial charge in [0, 0.05) is 11.1 Å². The average molecular weight is 248 g/mol. The summed E-state index contributed by atoms with van der Waals surface area (Å²) in [6.07, 6.45) is 0. The molecule has 2 N–H and O–H groups in total. The number of fused-ring (bicyclic) bond motifs is 1. The fraction of sp³-hybridized carbons (Fsp3) is 0.357. The lowest BCUT2D eigenvalue weighted by atomic mass is 9.80. The predicted molar refractivity (Wildman–Crippen MR) is 66.7 cm³/mol. The van der Waals surface area contributed by atoms with Gasteiger partial charge in [0.15, 0.2) is 0 Å². The van der Waals surface area contributed by atoms with Crippen LogP contribution in [0.15, 0.2) is 29.8 Å². The number of carboxylic acids is 1. The van der Waals surface area contributed by atoms with Crippen LogP contribution < -0.4 is 0 Å². The molecule has 4 nitrogen and oxygen atoms in total. The van der Waals surface area contributed by atoms with Crippen molar-refractivity contribution in [2.75, 3.05) is 7.11 Å². The van der Waals surface area contributed by atoms with Crippen LogP contribution in [0.3, 0.4) is 0 Å². The molecular formula is C14H16O4. The normalized spacial score (nSPS) is 23.8. The molecule has 0 heterocycles. The quantitative estimate of drug-likeness (QED) is 0.858. The molecule has 2 atom stereocenters. The minimum atomic E-state index is -1.51. The SMILES string of the molecule is COC1=C(C)C(O)(C(C)C(=O)O)c2ccccc21. The number of carbonyl (C=O) groups is 1. The number of aliphatic hydroxyl groups is 1. The molecule has 0 saturated heterocycles. The molecule has 0 bridgehead atoms. The van der Waals surface area contributed by atoms with Gasteiger partial charge in [-0.2, -0.15) is 0 Å². The second-order valence-electron chi connectivity index (χ2n) is 4.53. The highest BCUT2D eigenvalue weighted by Gasteiger charge is 2.49. The Kier molecular flexibility index (Phi) is 2.91. The van der Waals surface area contributed by atoms with Crippen molar-refractivity contribution in [1.82, 2.24) is 0 Å². The molecule has 2 unspecified atom stereocenters. The standard InChI is InChI=1S/C14H16O4/c1-8-12(18-3)10-6-4-5-7-11(10)14(8,17)9(2)13(15)16/h4-7,9,17H,1-3H3,(H,15,16). The number of aliphatic carboxylic acids is 1. The van der Waals surface area contributed by atoms with E-state index >= 15 is 0 Å². The van der Waals surface area contributed by atoms with E-state index in [1.54, 1.807) is 19.1 Å². The molecule has 0 saturated carbocycles. The number of hydrogen-bond acceptors (Lipinski definition) is 3. The van der Waals surface area contributed by atoms with Crippen molar-refractivity contribution in [2.24, 2.45) is 5.92 Å². The van der Waals surface area contributed by atoms with Crippen molar-refractivity contribution in [2.45, 2.75) is 19.4 Å². The van der Waals surface area contributed by atoms with Crippen LogP contribution in [-0.2, 0) is 15.1 Å². The van der Waals surface area contributed by atoms with E-state index in [-0.39, 0.29) is 0 Å². The lowest BCUT2D eigenvalue weighted by molar-refractivity contribution is -0.149. The van der Waals surface area contributed by atoms with E-state index in [0.717, 1.165) is 5.56 Å². The van der Waals surface area contributed by atoms with Crippen LogP contribution in [0.1, 0.15) is 25.0 Å². The zero-order valence-electron chi connectivity index (χ0n) is 10.6. The summed E-state index contributed by atoms with van der Waals surface area (Å²) in [5.41, 5.74) is 0.386. The van der Waals surface area contributed by atoms with Crippen molar-refractivity contribution >= 4 is 11.7 Å². The van der Waals surface area contributed by atoms with Crippen molar-refractivity contribution in [3.8, 4) is 0 Å². The Bertz CT molecular complexity index is 532. The van der Waals surface area contributed by atoms with Crippen LogP contribution in [-0.4, -0.2) is 23.3 Å². The van der Waals surface area contributed by atoms with Gasteiger partial charge in [0.25, 0.3) is 0 Å². The Morgan fingerprint density at radius 2 is 2.00 bits per heavy atom. The maximum atomic E-state index is 11.2. The Labute approximate surface area is 106 Å². The highest BCUT2D eigenvalue weighted by molar-refractivity contribution is 5.80. The summed E-state index contributed by atoms with van der Waals surface area (Å²) in [5, 5.41) is 20.0. The average Bonchev–Trinajstić information content (AvgIpc) is 2.59. The molecule has 1 aromatic rings. The summed E-state index contributed by atoms with van der Waals surface area (Å²) in [6.45, 7) is 3.21. The number of methoxy groups -OCH3 is 1. The van der Waals surface area contributed by atoms with Gasteiger partial charge in [-0.3, -0.25) is 4.79 Å². The van der Waals surface area contributed by atoms with E-state index in [4.69, 9.17) is 4.74 Å². The molecule has 1 aliphatic carbocycles. The van der Waals surface area contributed by atoms with Gasteiger partial charge in [-0.25, -0.2) is 0 Å². The van der Waals surface area contributed by atoms with E-state index in [9.17, 15) is 15.0 Å². The first kappa shape index (κ1) is 12.6. The first-order chi connectivity index (χ1) is 8.44. The summed E-state index contributed by atoms with van der Waals surface area (Å²) < 4.78 is 5.30. The molecule has 0 aliphatic heterocycles. The first-order valence-electron chi connectivity index (χ1n) is 5.75. The minimum Gasteiger partial charge on any atom is -0.496 e. The fourth-order valence-electron chi connectivity index (χ4n) is 2.59. The van der Waals surface area contributed by atoms with Crippen LogP contribution in [0, 0.1) is 5.92 Å². The van der Waals surface area contributed by atoms with Gasteiger partial charge in [-0.05, 0) is 19.4 Å². The van der Waals surface area contributed by atoms with Crippen molar-refractivity contribution < 1.29 is 19.7 Å². The topological polar surface area (TPSA) is 66.8 Å². The number of carboxylic acid groups (broad SMARTS) is 1. The van der Waals surface area contributed by atoms with Crippen molar-refractivity contribution in [1.29, 1.82) is 0 Å². The number of benzene rings is 1. The molecule has 0 spiro atoms. The highest BCUT2D eigenvalue weighted by atomic mass is 16.5. The van der Waals surface area contributed by atoms with Crippen LogP contribution >= 0.6 is 0 Å². The third kappa shape index (κ3) is 1.46. The second-order valence-corrected chi connectivity index (χ2v) is 4.53. The van der Waals surface area contributed by atoms with E-state index in [1.165, 1.54) is 14.0 Å². The lowest BCUT2D eigenvalue weighted by Gasteiger charge is -2.30. The summed E-state index contributed by atoms with van der Waals surface area (Å²) in [6, 6.07) is 7.18. The summed E-state index contributed by atoms with van der Waals surface area (Å²) in [7, 11) is 1.52. The van der Waals surface area contributed by atoms with Gasteiger partial charge in [0.2, 0.25) is 0 Å². The first-order valence-corrected chi connectivity index (χ1v) is 5.75. The van der Waals surface area contributed by atoms with E-state index in [2.05, 4.69) is 0 Å². The minimum absolute atomic E-state index is 0.543. The van der Waals surface area contributed by atoms with Gasteiger partial charge < -0.3 is 14.9 Å². The van der Waals surface area contributed by atoms with Gasteiger partial charge >= 0.3 is 5.97 Å². The Morgan fingerprint density at radius 3 is 2.56 bits per heavy atom. The van der Waals surface area contributed by atoms with Crippen LogP contribution in [0.25, 0.3) is 5.76 Å². The maximum absolute atomic E-state index is 11.2. The molecule has 0 radical (unpaired) electrons. The number of rotatable bonds is 3. The summed E-state index contributed by atoms with van der Waals surface area (Å²) in [4.78, 5) is 11.2. The van der Waals surface area contributed by atoms with Crippen molar-refractivity contribution in [3.05, 3.63) is 41.0 Å². The molecule has 4 heteroatoms. The van der Waals surface area contributed by atoms with Gasteiger partial charge in [0.1, 0.15) is 11.4 Å². The zero-order chi connectivity index (χ0) is 13.5. The lowest BCUT2D eigenvalue weighted by Crippen LogP contribution is -2.37.